The largest absolute Gasteiger partial charge is 0.326 e. The third-order valence-corrected chi connectivity index (χ3v) is 5.93. The first kappa shape index (κ1) is 18.6. The maximum Gasteiger partial charge on any atom is 0.238 e. The van der Waals surface area contributed by atoms with Crippen LogP contribution in [0.25, 0.3) is 10.2 Å². The Morgan fingerprint density at radius 1 is 1.11 bits per heavy atom. The topological polar surface area (TPSA) is 74.3 Å². The third kappa shape index (κ3) is 4.21. The Bertz CT molecular complexity index is 966. The molecular formula is C21H22N4O2S. The molecule has 2 N–H and O–H groups in total. The number of hydrogen-bond donors (Lipinski definition) is 2. The van der Waals surface area contributed by atoms with E-state index in [0.29, 0.717) is 12.2 Å². The van der Waals surface area contributed by atoms with Gasteiger partial charge in [0.25, 0.3) is 0 Å². The summed E-state index contributed by atoms with van der Waals surface area (Å²) in [6.45, 7) is 2.71. The Labute approximate surface area is 167 Å². The molecule has 7 heteroatoms. The second-order valence-electron chi connectivity index (χ2n) is 6.96. The monoisotopic (exact) mass is 394 g/mol. The molecule has 4 rings (SSSR count). The van der Waals surface area contributed by atoms with Gasteiger partial charge in [-0.1, -0.05) is 12.1 Å². The molecule has 1 aromatic heterocycles. The van der Waals surface area contributed by atoms with Crippen LogP contribution in [0, 0.1) is 0 Å². The maximum atomic E-state index is 12.5. The summed E-state index contributed by atoms with van der Waals surface area (Å²) in [7, 11) is 0. The maximum absolute atomic E-state index is 12.5. The van der Waals surface area contributed by atoms with Gasteiger partial charge in [0.2, 0.25) is 11.8 Å². The number of hydrogen-bond acceptors (Lipinski definition) is 5. The quantitative estimate of drug-likeness (QED) is 0.685. The third-order valence-electron chi connectivity index (χ3n) is 4.79. The zero-order valence-electron chi connectivity index (χ0n) is 15.6. The molecule has 28 heavy (non-hydrogen) atoms. The standard InChI is InChI=1S/C21H22N4O2S/c1-14(26)22-15-8-10-16(11-9-15)23-20(27)13-25-12-4-6-18(25)21-24-17-5-2-3-7-19(17)28-21/h2-3,5,7-11,18H,4,6,12-13H2,1H3,(H,22,26)(H,23,27)/t18-/m1/s1. The van der Waals surface area contributed by atoms with Gasteiger partial charge in [0, 0.05) is 18.3 Å². The normalized spacial score (nSPS) is 17.0. The van der Waals surface area contributed by atoms with Gasteiger partial charge in [-0.3, -0.25) is 14.5 Å². The number of likely N-dealkylation sites (tertiary alicyclic amines) is 1. The molecular weight excluding hydrogens is 372 g/mol. The van der Waals surface area contributed by atoms with Crippen LogP contribution in [0.3, 0.4) is 0 Å². The van der Waals surface area contributed by atoms with Crippen molar-refractivity contribution in [3.63, 3.8) is 0 Å². The molecule has 1 aliphatic rings. The van der Waals surface area contributed by atoms with Crippen molar-refractivity contribution in [3.8, 4) is 0 Å². The number of para-hydroxylation sites is 1. The SMILES string of the molecule is CC(=O)Nc1ccc(NC(=O)CN2CCC[C@@H]2c2nc3ccccc3s2)cc1. The summed E-state index contributed by atoms with van der Waals surface area (Å²) >= 11 is 1.72. The lowest BCUT2D eigenvalue weighted by Crippen LogP contribution is -2.32. The number of anilines is 2. The van der Waals surface area contributed by atoms with Crippen molar-refractivity contribution in [1.29, 1.82) is 0 Å². The average Bonchev–Trinajstić information content (AvgIpc) is 3.29. The second kappa shape index (κ2) is 8.08. The number of amides is 2. The molecule has 0 radical (unpaired) electrons. The molecule has 1 aliphatic heterocycles. The predicted octanol–water partition coefficient (Wildman–Crippen LogP) is 4.03. The van der Waals surface area contributed by atoms with E-state index in [1.165, 1.54) is 11.6 Å². The molecule has 1 atom stereocenters. The number of carbonyl (C=O) groups is 2. The number of thiazole rings is 1. The summed E-state index contributed by atoms with van der Waals surface area (Å²) in [5, 5.41) is 6.74. The van der Waals surface area contributed by atoms with Gasteiger partial charge in [-0.05, 0) is 55.8 Å². The van der Waals surface area contributed by atoms with Crippen LogP contribution in [0.2, 0.25) is 0 Å². The molecule has 2 aromatic carbocycles. The number of carbonyl (C=O) groups excluding carboxylic acids is 2. The number of benzene rings is 2. The number of rotatable bonds is 5. The molecule has 6 nitrogen and oxygen atoms in total. The molecule has 0 unspecified atom stereocenters. The molecule has 2 amide bonds. The van der Waals surface area contributed by atoms with Crippen LogP contribution in [-0.4, -0.2) is 34.8 Å². The summed E-state index contributed by atoms with van der Waals surface area (Å²) in [6, 6.07) is 15.5. The van der Waals surface area contributed by atoms with Crippen LogP contribution >= 0.6 is 11.3 Å². The van der Waals surface area contributed by atoms with E-state index in [2.05, 4.69) is 21.6 Å². The highest BCUT2D eigenvalue weighted by molar-refractivity contribution is 7.18. The highest BCUT2D eigenvalue weighted by atomic mass is 32.1. The number of aromatic nitrogens is 1. The van der Waals surface area contributed by atoms with Gasteiger partial charge in [-0.2, -0.15) is 0 Å². The Morgan fingerprint density at radius 2 is 1.82 bits per heavy atom. The van der Waals surface area contributed by atoms with E-state index >= 15 is 0 Å². The van der Waals surface area contributed by atoms with Gasteiger partial charge in [0.15, 0.2) is 0 Å². The summed E-state index contributed by atoms with van der Waals surface area (Å²) in [5.74, 6) is -0.160. The van der Waals surface area contributed by atoms with Gasteiger partial charge < -0.3 is 10.6 Å². The van der Waals surface area contributed by atoms with Crippen molar-refractivity contribution in [2.24, 2.45) is 0 Å². The Morgan fingerprint density at radius 3 is 2.54 bits per heavy atom. The van der Waals surface area contributed by atoms with E-state index in [4.69, 9.17) is 4.98 Å². The molecule has 0 aliphatic carbocycles. The average molecular weight is 394 g/mol. The first-order valence-corrected chi connectivity index (χ1v) is 10.2. The summed E-state index contributed by atoms with van der Waals surface area (Å²) in [4.78, 5) is 30.6. The van der Waals surface area contributed by atoms with Crippen molar-refractivity contribution in [2.45, 2.75) is 25.8 Å². The van der Waals surface area contributed by atoms with E-state index in [1.807, 2.05) is 18.2 Å². The van der Waals surface area contributed by atoms with E-state index in [9.17, 15) is 9.59 Å². The predicted molar refractivity (Wildman–Crippen MR) is 113 cm³/mol. The molecule has 3 aromatic rings. The van der Waals surface area contributed by atoms with Gasteiger partial charge in [0.05, 0.1) is 22.8 Å². The van der Waals surface area contributed by atoms with Crippen LogP contribution in [0.1, 0.15) is 30.8 Å². The highest BCUT2D eigenvalue weighted by Gasteiger charge is 2.30. The number of nitrogens with one attached hydrogen (secondary N) is 2. The molecule has 0 saturated carbocycles. The van der Waals surface area contributed by atoms with Gasteiger partial charge >= 0.3 is 0 Å². The molecule has 0 bridgehead atoms. The fourth-order valence-corrected chi connectivity index (χ4v) is 4.69. The van der Waals surface area contributed by atoms with Gasteiger partial charge in [-0.15, -0.1) is 11.3 Å². The van der Waals surface area contributed by atoms with E-state index in [-0.39, 0.29) is 17.9 Å². The lowest BCUT2D eigenvalue weighted by atomic mass is 10.2. The fraction of sp³-hybridized carbons (Fsp3) is 0.286. The zero-order chi connectivity index (χ0) is 19.5. The Hall–Kier alpha value is -2.77. The highest BCUT2D eigenvalue weighted by Crippen LogP contribution is 2.36. The van der Waals surface area contributed by atoms with Gasteiger partial charge in [0.1, 0.15) is 5.01 Å². The first-order valence-electron chi connectivity index (χ1n) is 9.35. The van der Waals surface area contributed by atoms with Crippen molar-refractivity contribution >= 4 is 44.7 Å². The molecule has 144 valence electrons. The lowest BCUT2D eigenvalue weighted by molar-refractivity contribution is -0.117. The zero-order valence-corrected chi connectivity index (χ0v) is 16.5. The van der Waals surface area contributed by atoms with E-state index in [1.54, 1.807) is 35.6 Å². The summed E-state index contributed by atoms with van der Waals surface area (Å²) < 4.78 is 1.19. The second-order valence-corrected chi connectivity index (χ2v) is 8.02. The van der Waals surface area contributed by atoms with Crippen LogP contribution in [0.4, 0.5) is 11.4 Å². The molecule has 1 saturated heterocycles. The summed E-state index contributed by atoms with van der Waals surface area (Å²) in [6.07, 6.45) is 2.10. The van der Waals surface area contributed by atoms with E-state index < -0.39 is 0 Å². The molecule has 0 spiro atoms. The lowest BCUT2D eigenvalue weighted by Gasteiger charge is -2.22. The van der Waals surface area contributed by atoms with Crippen molar-refractivity contribution in [3.05, 3.63) is 53.5 Å². The van der Waals surface area contributed by atoms with Crippen molar-refractivity contribution in [1.82, 2.24) is 9.88 Å². The minimum Gasteiger partial charge on any atom is -0.326 e. The van der Waals surface area contributed by atoms with Crippen molar-refractivity contribution < 1.29 is 9.59 Å². The van der Waals surface area contributed by atoms with E-state index in [0.717, 1.165) is 35.6 Å². The van der Waals surface area contributed by atoms with Crippen molar-refractivity contribution in [2.75, 3.05) is 23.7 Å². The Kier molecular flexibility index (Phi) is 5.36. The van der Waals surface area contributed by atoms with Crippen LogP contribution in [0.15, 0.2) is 48.5 Å². The smallest absolute Gasteiger partial charge is 0.238 e. The molecule has 1 fully saturated rings. The number of nitrogens with zero attached hydrogens (tertiary/aromatic N) is 2. The first-order chi connectivity index (χ1) is 13.6. The van der Waals surface area contributed by atoms with Crippen LogP contribution in [0.5, 0.6) is 0 Å². The fourth-order valence-electron chi connectivity index (χ4n) is 3.55. The summed E-state index contributed by atoms with van der Waals surface area (Å²) in [5.41, 5.74) is 2.45. The van der Waals surface area contributed by atoms with Crippen LogP contribution in [-0.2, 0) is 9.59 Å². The number of fused-ring (bicyclic) bond motifs is 1. The minimum absolute atomic E-state index is 0.0414. The Balaban J connectivity index is 1.40. The molecule has 2 heterocycles. The minimum atomic E-state index is -0.119. The van der Waals surface area contributed by atoms with Crippen LogP contribution < -0.4 is 10.6 Å². The van der Waals surface area contributed by atoms with Gasteiger partial charge in [-0.25, -0.2) is 4.98 Å².